The molecule has 9 heteroatoms. The fourth-order valence-electron chi connectivity index (χ4n) is 2.86. The van der Waals surface area contributed by atoms with Crippen molar-refractivity contribution in [3.63, 3.8) is 0 Å². The van der Waals surface area contributed by atoms with Gasteiger partial charge < -0.3 is 19.7 Å². The van der Waals surface area contributed by atoms with Crippen LogP contribution in [-0.4, -0.2) is 64.1 Å². The molecule has 1 aromatic rings. The molecule has 26 heavy (non-hydrogen) atoms. The Morgan fingerprint density at radius 2 is 1.92 bits per heavy atom. The predicted molar refractivity (Wildman–Crippen MR) is 107 cm³/mol. The van der Waals surface area contributed by atoms with E-state index in [1.165, 1.54) is 0 Å². The van der Waals surface area contributed by atoms with Gasteiger partial charge in [-0.1, -0.05) is 15.9 Å². The molecule has 0 radical (unpaired) electrons. The highest BCUT2D eigenvalue weighted by Gasteiger charge is 2.40. The molecule has 0 spiro atoms. The highest BCUT2D eigenvalue weighted by molar-refractivity contribution is 9.10. The second-order valence-electron chi connectivity index (χ2n) is 6.70. The molecule has 0 aliphatic carbocycles. The Balaban J connectivity index is 2.13. The van der Waals surface area contributed by atoms with E-state index in [4.69, 9.17) is 9.47 Å². The summed E-state index contributed by atoms with van der Waals surface area (Å²) < 4.78 is 35.1. The average Bonchev–Trinajstić information content (AvgIpc) is 2.59. The van der Waals surface area contributed by atoms with Crippen LogP contribution in [0.2, 0.25) is 0 Å². The van der Waals surface area contributed by atoms with E-state index in [9.17, 15) is 8.42 Å². The van der Waals surface area contributed by atoms with Gasteiger partial charge in [-0.05, 0) is 31.5 Å². The van der Waals surface area contributed by atoms with Crippen LogP contribution in [0.25, 0.3) is 0 Å². The van der Waals surface area contributed by atoms with E-state index in [-0.39, 0.29) is 5.75 Å². The van der Waals surface area contributed by atoms with E-state index in [2.05, 4.69) is 26.2 Å². The first-order chi connectivity index (χ1) is 12.1. The number of rotatable bonds is 4. The molecule has 1 N–H and O–H groups in total. The molecule has 2 rings (SSSR count). The van der Waals surface area contributed by atoms with Crippen LogP contribution in [-0.2, 0) is 16.4 Å². The van der Waals surface area contributed by atoms with Crippen molar-refractivity contribution in [3.05, 3.63) is 22.2 Å². The number of hydrogen-bond donors (Lipinski definition) is 1. The summed E-state index contributed by atoms with van der Waals surface area (Å²) in [6, 6.07) is 3.75. The first-order valence-electron chi connectivity index (χ1n) is 8.23. The molecule has 1 aliphatic heterocycles. The topological polar surface area (TPSA) is 80.2 Å². The smallest absolute Gasteiger partial charge is 0.193 e. The predicted octanol–water partition coefficient (Wildman–Crippen LogP) is 2.05. The summed E-state index contributed by atoms with van der Waals surface area (Å²) in [7, 11) is 1.80. The number of nitrogens with zero attached hydrogens (tertiary/aromatic N) is 2. The quantitative estimate of drug-likeness (QED) is 0.561. The van der Waals surface area contributed by atoms with Crippen molar-refractivity contribution in [1.82, 2.24) is 10.2 Å². The van der Waals surface area contributed by atoms with Gasteiger partial charge in [-0.25, -0.2) is 8.42 Å². The minimum Gasteiger partial charge on any atom is -0.493 e. The highest BCUT2D eigenvalue weighted by atomic mass is 79.9. The van der Waals surface area contributed by atoms with Crippen LogP contribution < -0.4 is 14.8 Å². The van der Waals surface area contributed by atoms with E-state index >= 15 is 0 Å². The van der Waals surface area contributed by atoms with Crippen molar-refractivity contribution in [1.29, 1.82) is 0 Å². The second-order valence-corrected chi connectivity index (χ2v) is 10.3. The number of nitrogens with one attached hydrogen (secondary N) is 1. The summed E-state index contributed by atoms with van der Waals surface area (Å²) in [5.41, 5.74) is 0.979. The Hall–Kier alpha value is -1.48. The number of sulfone groups is 1. The van der Waals surface area contributed by atoms with Crippen molar-refractivity contribution in [2.24, 2.45) is 4.99 Å². The van der Waals surface area contributed by atoms with Gasteiger partial charge in [-0.3, -0.25) is 4.99 Å². The third-order valence-electron chi connectivity index (χ3n) is 4.54. The van der Waals surface area contributed by atoms with Crippen molar-refractivity contribution in [2.45, 2.75) is 25.1 Å². The number of benzene rings is 1. The molecule has 0 unspecified atom stereocenters. The second kappa shape index (κ2) is 8.04. The maximum atomic E-state index is 12.2. The zero-order valence-electron chi connectivity index (χ0n) is 15.8. The summed E-state index contributed by atoms with van der Waals surface area (Å²) in [6.07, 6.45) is 0. The first kappa shape index (κ1) is 20.8. The lowest BCUT2D eigenvalue weighted by Gasteiger charge is -2.39. The van der Waals surface area contributed by atoms with Crippen LogP contribution in [0.4, 0.5) is 0 Å². The molecule has 1 saturated heterocycles. The zero-order chi connectivity index (χ0) is 19.5. The first-order valence-corrected chi connectivity index (χ1v) is 10.7. The molecule has 0 amide bonds. The van der Waals surface area contributed by atoms with E-state index in [0.29, 0.717) is 37.1 Å². The van der Waals surface area contributed by atoms with E-state index in [1.807, 2.05) is 17.0 Å². The van der Waals surface area contributed by atoms with Gasteiger partial charge in [0.2, 0.25) is 0 Å². The molecule has 0 saturated carbocycles. The number of hydrogen-bond acceptors (Lipinski definition) is 5. The molecule has 7 nitrogen and oxygen atoms in total. The van der Waals surface area contributed by atoms with Gasteiger partial charge in [0.05, 0.1) is 24.7 Å². The lowest BCUT2D eigenvalue weighted by Crippen LogP contribution is -2.57. The molecule has 146 valence electrons. The van der Waals surface area contributed by atoms with Crippen LogP contribution in [0, 0.1) is 0 Å². The summed E-state index contributed by atoms with van der Waals surface area (Å²) >= 11 is 3.54. The lowest BCUT2D eigenvalue weighted by molar-refractivity contribution is 0.351. The summed E-state index contributed by atoms with van der Waals surface area (Å²) in [6.45, 7) is 4.86. The molecular weight excluding hydrogens is 422 g/mol. The van der Waals surface area contributed by atoms with Crippen molar-refractivity contribution in [2.75, 3.05) is 40.1 Å². The fourth-order valence-corrected chi connectivity index (χ4v) is 4.69. The minimum atomic E-state index is -3.09. The van der Waals surface area contributed by atoms with Gasteiger partial charge in [-0.2, -0.15) is 0 Å². The third kappa shape index (κ3) is 4.25. The SMILES string of the molecule is CN=C(NCc1cc(OC)c(OC)cc1Br)N1CCS(=O)(=O)C(C)(C)C1. The number of methoxy groups -OCH3 is 2. The van der Waals surface area contributed by atoms with Crippen molar-refractivity contribution < 1.29 is 17.9 Å². The average molecular weight is 448 g/mol. The van der Waals surface area contributed by atoms with Gasteiger partial charge in [0, 0.05) is 31.2 Å². The third-order valence-corrected chi connectivity index (χ3v) is 7.82. The van der Waals surface area contributed by atoms with Crippen LogP contribution in [0.1, 0.15) is 19.4 Å². The molecule has 0 bridgehead atoms. The largest absolute Gasteiger partial charge is 0.493 e. The van der Waals surface area contributed by atoms with Gasteiger partial charge in [0.1, 0.15) is 0 Å². The van der Waals surface area contributed by atoms with Crippen molar-refractivity contribution in [3.8, 4) is 11.5 Å². The molecular formula is C17H26BrN3O4S. The molecule has 1 heterocycles. The van der Waals surface area contributed by atoms with Crippen LogP contribution in [0.15, 0.2) is 21.6 Å². The number of guanidine groups is 1. The minimum absolute atomic E-state index is 0.126. The van der Waals surface area contributed by atoms with Gasteiger partial charge in [-0.15, -0.1) is 0 Å². The maximum absolute atomic E-state index is 12.2. The van der Waals surface area contributed by atoms with Gasteiger partial charge in [0.15, 0.2) is 27.3 Å². The maximum Gasteiger partial charge on any atom is 0.193 e. The fraction of sp³-hybridized carbons (Fsp3) is 0.588. The number of ether oxygens (including phenoxy) is 2. The molecule has 0 atom stereocenters. The van der Waals surface area contributed by atoms with Gasteiger partial charge >= 0.3 is 0 Å². The summed E-state index contributed by atoms with van der Waals surface area (Å²) in [5.74, 6) is 2.10. The van der Waals surface area contributed by atoms with Gasteiger partial charge in [0.25, 0.3) is 0 Å². The molecule has 1 aromatic carbocycles. The standard InChI is InChI=1S/C17H26BrN3O4S/c1-17(2)11-21(6-7-26(17,22)23)16(19-3)20-10-12-8-14(24-4)15(25-5)9-13(12)18/h8-9H,6-7,10-11H2,1-5H3,(H,19,20). The number of halogens is 1. The zero-order valence-corrected chi connectivity index (χ0v) is 18.2. The Labute approximate surface area is 163 Å². The molecule has 0 aromatic heterocycles. The Morgan fingerprint density at radius 1 is 1.31 bits per heavy atom. The summed E-state index contributed by atoms with van der Waals surface area (Å²) in [5, 5.41) is 3.30. The molecule has 1 fully saturated rings. The van der Waals surface area contributed by atoms with E-state index in [1.54, 1.807) is 35.1 Å². The monoisotopic (exact) mass is 447 g/mol. The van der Waals surface area contributed by atoms with Crippen molar-refractivity contribution >= 4 is 31.7 Å². The highest BCUT2D eigenvalue weighted by Crippen LogP contribution is 2.33. The normalized spacial score (nSPS) is 19.2. The Kier molecular flexibility index (Phi) is 6.44. The Bertz CT molecular complexity index is 793. The van der Waals surface area contributed by atoms with Crippen LogP contribution >= 0.6 is 15.9 Å². The van der Waals surface area contributed by atoms with E-state index in [0.717, 1.165) is 10.0 Å². The molecule has 1 aliphatic rings. The van der Waals surface area contributed by atoms with Crippen LogP contribution in [0.5, 0.6) is 11.5 Å². The van der Waals surface area contributed by atoms with E-state index < -0.39 is 14.6 Å². The van der Waals surface area contributed by atoms with Crippen LogP contribution in [0.3, 0.4) is 0 Å². The summed E-state index contributed by atoms with van der Waals surface area (Å²) in [4.78, 5) is 6.29. The number of aliphatic imine (C=N–C) groups is 1. The Morgan fingerprint density at radius 3 is 2.46 bits per heavy atom. The lowest BCUT2D eigenvalue weighted by atomic mass is 10.2.